The molecule has 2 aromatic rings. The van der Waals surface area contributed by atoms with E-state index >= 15 is 0 Å². The highest BCUT2D eigenvalue weighted by Gasteiger charge is 2.23. The number of methoxy groups -OCH3 is 1. The smallest absolute Gasteiger partial charge is 0.328 e. The second kappa shape index (κ2) is 7.31. The molecule has 0 unspecified atom stereocenters. The van der Waals surface area contributed by atoms with Gasteiger partial charge in [0.05, 0.1) is 12.7 Å². The van der Waals surface area contributed by atoms with E-state index in [9.17, 15) is 14.7 Å². The number of aromatic hydroxyl groups is 1. The first-order chi connectivity index (χ1) is 11.0. The predicted octanol–water partition coefficient (Wildman–Crippen LogP) is 1.49. The average Bonchev–Trinajstić information content (AvgIpc) is 2.54. The van der Waals surface area contributed by atoms with Crippen molar-refractivity contribution >= 4 is 17.6 Å². The van der Waals surface area contributed by atoms with Crippen LogP contribution in [0.5, 0.6) is 5.75 Å². The van der Waals surface area contributed by atoms with Crippen LogP contribution in [0.1, 0.15) is 15.9 Å². The molecule has 0 radical (unpaired) electrons. The number of ether oxygens (including phenoxy) is 1. The zero-order valence-electron chi connectivity index (χ0n) is 12.7. The van der Waals surface area contributed by atoms with Crippen molar-refractivity contribution in [1.29, 1.82) is 0 Å². The number of phenols is 1. The number of phenolic OH excluding ortho intramolecular Hbond substituents is 1. The van der Waals surface area contributed by atoms with Gasteiger partial charge >= 0.3 is 5.97 Å². The predicted molar refractivity (Wildman–Crippen MR) is 85.9 cm³/mol. The van der Waals surface area contributed by atoms with Crippen LogP contribution in [0.15, 0.2) is 48.5 Å². The van der Waals surface area contributed by atoms with Crippen molar-refractivity contribution in [3.8, 4) is 5.75 Å². The fraction of sp³-hybridized carbons (Fsp3) is 0.176. The summed E-state index contributed by atoms with van der Waals surface area (Å²) in [6, 6.07) is 12.6. The molecule has 0 spiro atoms. The van der Waals surface area contributed by atoms with Crippen molar-refractivity contribution in [2.45, 2.75) is 12.5 Å². The fourth-order valence-electron chi connectivity index (χ4n) is 2.16. The van der Waals surface area contributed by atoms with Crippen LogP contribution in [0.25, 0.3) is 0 Å². The normalized spacial score (nSPS) is 11.5. The lowest BCUT2D eigenvalue weighted by Crippen LogP contribution is -2.43. The van der Waals surface area contributed by atoms with E-state index in [0.717, 1.165) is 5.56 Å². The number of esters is 1. The van der Waals surface area contributed by atoms with Gasteiger partial charge in [-0.3, -0.25) is 4.79 Å². The van der Waals surface area contributed by atoms with Crippen LogP contribution in [-0.4, -0.2) is 30.1 Å². The third-order valence-corrected chi connectivity index (χ3v) is 3.34. The Bertz CT molecular complexity index is 701. The standard InChI is InChI=1S/C17H18N2O4/c1-23-17(22)14(9-11-5-3-2-4-6-11)19-16(21)13-8-7-12(18)10-15(13)20/h2-8,10,14,20H,9,18H2,1H3,(H,19,21)/t14-/m0/s1. The fourth-order valence-corrected chi connectivity index (χ4v) is 2.16. The number of hydrogen-bond acceptors (Lipinski definition) is 5. The Hall–Kier alpha value is -3.02. The molecule has 6 heteroatoms. The van der Waals surface area contributed by atoms with Gasteiger partial charge in [0.2, 0.25) is 0 Å². The van der Waals surface area contributed by atoms with Crippen LogP contribution < -0.4 is 11.1 Å². The molecule has 0 bridgehead atoms. The van der Waals surface area contributed by atoms with Crippen LogP contribution in [0, 0.1) is 0 Å². The van der Waals surface area contributed by atoms with Crippen molar-refractivity contribution in [2.24, 2.45) is 0 Å². The Balaban J connectivity index is 2.17. The second-order valence-corrected chi connectivity index (χ2v) is 5.02. The van der Waals surface area contributed by atoms with Crippen LogP contribution in [-0.2, 0) is 16.0 Å². The summed E-state index contributed by atoms with van der Waals surface area (Å²) in [6.07, 6.45) is 0.287. The molecule has 2 aromatic carbocycles. The summed E-state index contributed by atoms with van der Waals surface area (Å²) in [7, 11) is 1.26. The minimum absolute atomic E-state index is 0.0427. The van der Waals surface area contributed by atoms with Crippen LogP contribution in [0.4, 0.5) is 5.69 Å². The molecule has 0 saturated heterocycles. The number of anilines is 1. The molecule has 4 N–H and O–H groups in total. The first kappa shape index (κ1) is 16.4. The van der Waals surface area contributed by atoms with Gasteiger partial charge in [-0.2, -0.15) is 0 Å². The number of carbonyl (C=O) groups excluding carboxylic acids is 2. The number of benzene rings is 2. The molecule has 1 atom stereocenters. The molecule has 0 aromatic heterocycles. The summed E-state index contributed by atoms with van der Waals surface area (Å²) in [6.45, 7) is 0. The topological polar surface area (TPSA) is 102 Å². The Kier molecular flexibility index (Phi) is 5.19. The Labute approximate surface area is 133 Å². The SMILES string of the molecule is COC(=O)[C@H](Cc1ccccc1)NC(=O)c1ccc(N)cc1O. The Morgan fingerprint density at radius 1 is 1.22 bits per heavy atom. The molecule has 2 rings (SSSR count). The minimum atomic E-state index is -0.855. The van der Waals surface area contributed by atoms with E-state index in [1.807, 2.05) is 30.3 Å². The summed E-state index contributed by atoms with van der Waals surface area (Å²) in [5, 5.41) is 12.4. The van der Waals surface area contributed by atoms with Crippen LogP contribution in [0.2, 0.25) is 0 Å². The maximum atomic E-state index is 12.3. The van der Waals surface area contributed by atoms with Gasteiger partial charge in [-0.15, -0.1) is 0 Å². The summed E-state index contributed by atoms with van der Waals surface area (Å²) < 4.78 is 4.73. The van der Waals surface area contributed by atoms with Gasteiger partial charge < -0.3 is 20.9 Å². The minimum Gasteiger partial charge on any atom is -0.507 e. The number of carbonyl (C=O) groups is 2. The highest BCUT2D eigenvalue weighted by molar-refractivity contribution is 5.99. The Morgan fingerprint density at radius 3 is 2.52 bits per heavy atom. The van der Waals surface area contributed by atoms with Crippen molar-refractivity contribution < 1.29 is 19.4 Å². The molecule has 0 heterocycles. The number of rotatable bonds is 5. The lowest BCUT2D eigenvalue weighted by molar-refractivity contribution is -0.142. The van der Waals surface area contributed by atoms with Gasteiger partial charge in [0, 0.05) is 18.2 Å². The van der Waals surface area contributed by atoms with Gasteiger partial charge in [0.25, 0.3) is 5.91 Å². The molecule has 23 heavy (non-hydrogen) atoms. The number of hydrogen-bond donors (Lipinski definition) is 3. The van der Waals surface area contributed by atoms with Gasteiger partial charge in [-0.25, -0.2) is 4.79 Å². The van der Waals surface area contributed by atoms with Crippen molar-refractivity contribution in [1.82, 2.24) is 5.32 Å². The highest BCUT2D eigenvalue weighted by atomic mass is 16.5. The quantitative estimate of drug-likeness (QED) is 0.573. The summed E-state index contributed by atoms with van der Waals surface area (Å²) >= 11 is 0. The molecular weight excluding hydrogens is 296 g/mol. The van der Waals surface area contributed by atoms with Crippen LogP contribution >= 0.6 is 0 Å². The molecule has 120 valence electrons. The van der Waals surface area contributed by atoms with Crippen molar-refractivity contribution in [3.63, 3.8) is 0 Å². The van der Waals surface area contributed by atoms with E-state index in [-0.39, 0.29) is 17.7 Å². The monoisotopic (exact) mass is 314 g/mol. The Morgan fingerprint density at radius 2 is 1.91 bits per heavy atom. The maximum Gasteiger partial charge on any atom is 0.328 e. The molecule has 0 saturated carbocycles. The molecule has 6 nitrogen and oxygen atoms in total. The third-order valence-electron chi connectivity index (χ3n) is 3.34. The lowest BCUT2D eigenvalue weighted by atomic mass is 10.1. The molecule has 0 aliphatic carbocycles. The first-order valence-electron chi connectivity index (χ1n) is 7.02. The van der Waals surface area contributed by atoms with E-state index in [4.69, 9.17) is 10.5 Å². The van der Waals surface area contributed by atoms with E-state index in [1.54, 1.807) is 0 Å². The van der Waals surface area contributed by atoms with E-state index < -0.39 is 17.9 Å². The average molecular weight is 314 g/mol. The van der Waals surface area contributed by atoms with Crippen molar-refractivity contribution in [2.75, 3.05) is 12.8 Å². The number of nitrogen functional groups attached to an aromatic ring is 1. The largest absolute Gasteiger partial charge is 0.507 e. The third kappa shape index (κ3) is 4.23. The van der Waals surface area contributed by atoms with Crippen molar-refractivity contribution in [3.05, 3.63) is 59.7 Å². The summed E-state index contributed by atoms with van der Waals surface area (Å²) in [5.74, 6) is -1.38. The zero-order chi connectivity index (χ0) is 16.8. The van der Waals surface area contributed by atoms with E-state index in [1.165, 1.54) is 25.3 Å². The number of amides is 1. The molecule has 0 aliphatic heterocycles. The first-order valence-corrected chi connectivity index (χ1v) is 7.02. The van der Waals surface area contributed by atoms with Gasteiger partial charge in [-0.1, -0.05) is 30.3 Å². The molecule has 1 amide bonds. The molecule has 0 aliphatic rings. The molecule has 0 fully saturated rings. The molecular formula is C17H18N2O4. The summed E-state index contributed by atoms with van der Waals surface area (Å²) in [5.41, 5.74) is 6.80. The van der Waals surface area contributed by atoms with Gasteiger partial charge in [0.15, 0.2) is 0 Å². The zero-order valence-corrected chi connectivity index (χ0v) is 12.7. The maximum absolute atomic E-state index is 12.3. The summed E-state index contributed by atoms with van der Waals surface area (Å²) in [4.78, 5) is 24.2. The second-order valence-electron chi connectivity index (χ2n) is 5.02. The van der Waals surface area contributed by atoms with Gasteiger partial charge in [-0.05, 0) is 17.7 Å². The lowest BCUT2D eigenvalue weighted by Gasteiger charge is -2.17. The van der Waals surface area contributed by atoms with Crippen LogP contribution in [0.3, 0.4) is 0 Å². The van der Waals surface area contributed by atoms with E-state index in [0.29, 0.717) is 5.69 Å². The van der Waals surface area contributed by atoms with Gasteiger partial charge in [0.1, 0.15) is 11.8 Å². The number of nitrogens with two attached hydrogens (primary N) is 1. The number of nitrogens with one attached hydrogen (secondary N) is 1. The highest BCUT2D eigenvalue weighted by Crippen LogP contribution is 2.20. The van der Waals surface area contributed by atoms with E-state index in [2.05, 4.69) is 5.32 Å².